The van der Waals surface area contributed by atoms with E-state index >= 15 is 0 Å². The Kier molecular flexibility index (Phi) is 4.68. The van der Waals surface area contributed by atoms with Gasteiger partial charge in [0.05, 0.1) is 18.5 Å². The van der Waals surface area contributed by atoms with Gasteiger partial charge >= 0.3 is 0 Å². The molecule has 0 amide bonds. The van der Waals surface area contributed by atoms with E-state index in [1.807, 2.05) is 17.7 Å². The highest BCUT2D eigenvalue weighted by atomic mass is 16.5. The summed E-state index contributed by atoms with van der Waals surface area (Å²) in [5.41, 5.74) is 2.60. The van der Waals surface area contributed by atoms with Crippen LogP contribution in [0.5, 0.6) is 5.88 Å². The quantitative estimate of drug-likeness (QED) is 0.866. The molecule has 2 aromatic rings. The predicted octanol–water partition coefficient (Wildman–Crippen LogP) is 1.54. The van der Waals surface area contributed by atoms with Gasteiger partial charge in [-0.15, -0.1) is 0 Å². The summed E-state index contributed by atoms with van der Waals surface area (Å²) in [5.74, 6) is 0.451. The maximum absolute atomic E-state index is 10.3. The van der Waals surface area contributed by atoms with Gasteiger partial charge in [0.2, 0.25) is 5.88 Å². The first kappa shape index (κ1) is 14.5. The third-order valence-electron chi connectivity index (χ3n) is 3.19. The monoisotopic (exact) mass is 276 g/mol. The number of hydrogen-bond donors (Lipinski definition) is 1. The zero-order valence-corrected chi connectivity index (χ0v) is 12.1. The highest BCUT2D eigenvalue weighted by Crippen LogP contribution is 2.19. The minimum Gasteiger partial charge on any atom is -0.481 e. The van der Waals surface area contributed by atoms with Crippen LogP contribution in [0.3, 0.4) is 0 Å². The average Bonchev–Trinajstić information content (AvgIpc) is 2.89. The highest BCUT2D eigenvalue weighted by Gasteiger charge is 2.15. The van der Waals surface area contributed by atoms with Crippen molar-refractivity contribution in [1.29, 1.82) is 0 Å². The van der Waals surface area contributed by atoms with Gasteiger partial charge in [-0.05, 0) is 19.4 Å². The lowest BCUT2D eigenvalue weighted by molar-refractivity contribution is 0.170. The number of aliphatic hydroxyl groups excluding tert-OH is 1. The van der Waals surface area contributed by atoms with Crippen LogP contribution in [0.2, 0.25) is 0 Å². The zero-order chi connectivity index (χ0) is 14.5. The summed E-state index contributed by atoms with van der Waals surface area (Å²) in [7, 11) is 1.54. The third kappa shape index (κ3) is 3.14. The summed E-state index contributed by atoms with van der Waals surface area (Å²) < 4.78 is 6.96. The topological polar surface area (TPSA) is 73.1 Å². The van der Waals surface area contributed by atoms with Crippen LogP contribution in [-0.2, 0) is 19.4 Å². The fraction of sp³-hybridized carbons (Fsp3) is 0.500. The second-order valence-electron chi connectivity index (χ2n) is 4.50. The van der Waals surface area contributed by atoms with Crippen LogP contribution < -0.4 is 4.74 Å². The molecule has 6 heteroatoms. The van der Waals surface area contributed by atoms with Crippen LogP contribution in [-0.4, -0.2) is 32.0 Å². The van der Waals surface area contributed by atoms with Crippen molar-refractivity contribution >= 4 is 0 Å². The van der Waals surface area contributed by atoms with Gasteiger partial charge in [0.25, 0.3) is 0 Å². The van der Waals surface area contributed by atoms with Crippen molar-refractivity contribution in [2.24, 2.45) is 0 Å². The van der Waals surface area contributed by atoms with E-state index in [0.717, 1.165) is 24.4 Å². The van der Waals surface area contributed by atoms with Crippen LogP contribution in [0.15, 0.2) is 18.5 Å². The summed E-state index contributed by atoms with van der Waals surface area (Å²) >= 11 is 0. The van der Waals surface area contributed by atoms with Crippen LogP contribution >= 0.6 is 0 Å². The summed E-state index contributed by atoms with van der Waals surface area (Å²) in [6.45, 7) is 4.89. The normalized spacial score (nSPS) is 12.4. The Bertz CT molecular complexity index is 568. The molecular weight excluding hydrogens is 256 g/mol. The van der Waals surface area contributed by atoms with Crippen LogP contribution in [0, 0.1) is 0 Å². The Labute approximate surface area is 118 Å². The van der Waals surface area contributed by atoms with Crippen molar-refractivity contribution in [2.75, 3.05) is 7.11 Å². The van der Waals surface area contributed by atoms with Gasteiger partial charge in [-0.2, -0.15) is 5.10 Å². The number of nitrogens with zero attached hydrogens (tertiary/aromatic N) is 4. The molecule has 0 aliphatic carbocycles. The molecule has 2 rings (SSSR count). The number of ether oxygens (including phenoxy) is 1. The molecule has 0 fully saturated rings. The zero-order valence-electron chi connectivity index (χ0n) is 12.1. The van der Waals surface area contributed by atoms with E-state index in [1.165, 1.54) is 13.4 Å². The molecule has 1 N–H and O–H groups in total. The smallest absolute Gasteiger partial charge is 0.216 e. The molecule has 0 aromatic carbocycles. The molecule has 1 atom stereocenters. The molecule has 0 saturated carbocycles. The van der Waals surface area contributed by atoms with E-state index in [2.05, 4.69) is 22.0 Å². The molecule has 0 saturated heterocycles. The number of aliphatic hydroxyl groups is 1. The molecular formula is C14H20N4O2. The largest absolute Gasteiger partial charge is 0.481 e. The van der Waals surface area contributed by atoms with Gasteiger partial charge in [-0.3, -0.25) is 4.68 Å². The average molecular weight is 276 g/mol. The molecule has 0 radical (unpaired) electrons. The second-order valence-corrected chi connectivity index (χ2v) is 4.50. The van der Waals surface area contributed by atoms with E-state index < -0.39 is 6.10 Å². The highest BCUT2D eigenvalue weighted by molar-refractivity contribution is 5.18. The van der Waals surface area contributed by atoms with Gasteiger partial charge in [0.1, 0.15) is 12.4 Å². The standard InChI is InChI=1S/C14H20N4O2/c1-4-10-6-11(18(5-2)17-10)7-13(19)12-8-14(20-3)16-9-15-12/h6,8-9,13,19H,4-5,7H2,1-3H3. The Morgan fingerprint density at radius 1 is 1.30 bits per heavy atom. The van der Waals surface area contributed by atoms with E-state index in [0.29, 0.717) is 18.0 Å². The van der Waals surface area contributed by atoms with E-state index in [-0.39, 0.29) is 0 Å². The minimum atomic E-state index is -0.696. The number of methoxy groups -OCH3 is 1. The van der Waals surface area contributed by atoms with Crippen molar-refractivity contribution in [3.8, 4) is 5.88 Å². The van der Waals surface area contributed by atoms with Gasteiger partial charge in [0, 0.05) is 24.7 Å². The maximum Gasteiger partial charge on any atom is 0.216 e. The van der Waals surface area contributed by atoms with Crippen molar-refractivity contribution < 1.29 is 9.84 Å². The fourth-order valence-corrected chi connectivity index (χ4v) is 2.08. The van der Waals surface area contributed by atoms with Gasteiger partial charge in [0.15, 0.2) is 0 Å². The summed E-state index contributed by atoms with van der Waals surface area (Å²) in [6.07, 6.45) is 2.06. The fourth-order valence-electron chi connectivity index (χ4n) is 2.08. The molecule has 108 valence electrons. The summed E-state index contributed by atoms with van der Waals surface area (Å²) in [4.78, 5) is 8.03. The number of aryl methyl sites for hydroxylation is 2. The van der Waals surface area contributed by atoms with Crippen molar-refractivity contribution in [3.63, 3.8) is 0 Å². The van der Waals surface area contributed by atoms with E-state index in [1.54, 1.807) is 6.07 Å². The molecule has 0 bridgehead atoms. The second kappa shape index (κ2) is 6.47. The maximum atomic E-state index is 10.3. The van der Waals surface area contributed by atoms with E-state index in [4.69, 9.17) is 4.74 Å². The molecule has 2 heterocycles. The van der Waals surface area contributed by atoms with Gasteiger partial charge in [-0.1, -0.05) is 6.92 Å². The lowest BCUT2D eigenvalue weighted by Crippen LogP contribution is -2.10. The lowest BCUT2D eigenvalue weighted by Gasteiger charge is -2.11. The van der Waals surface area contributed by atoms with Crippen molar-refractivity contribution in [3.05, 3.63) is 35.5 Å². The number of rotatable bonds is 6. The van der Waals surface area contributed by atoms with E-state index in [9.17, 15) is 5.11 Å². The van der Waals surface area contributed by atoms with Crippen LogP contribution in [0.4, 0.5) is 0 Å². The first-order valence-corrected chi connectivity index (χ1v) is 6.77. The van der Waals surface area contributed by atoms with Gasteiger partial charge < -0.3 is 9.84 Å². The molecule has 0 spiro atoms. The first-order chi connectivity index (χ1) is 9.67. The Balaban J connectivity index is 2.18. The van der Waals surface area contributed by atoms with Crippen molar-refractivity contribution in [2.45, 2.75) is 39.3 Å². The van der Waals surface area contributed by atoms with Crippen LogP contribution in [0.1, 0.15) is 37.0 Å². The SMILES string of the molecule is CCc1cc(CC(O)c2cc(OC)ncn2)n(CC)n1. The predicted molar refractivity (Wildman–Crippen MR) is 74.5 cm³/mol. The molecule has 6 nitrogen and oxygen atoms in total. The number of aromatic nitrogens is 4. The van der Waals surface area contributed by atoms with Crippen LogP contribution in [0.25, 0.3) is 0 Å². The Morgan fingerprint density at radius 2 is 2.10 bits per heavy atom. The molecule has 0 aliphatic heterocycles. The Hall–Kier alpha value is -1.95. The molecule has 20 heavy (non-hydrogen) atoms. The third-order valence-corrected chi connectivity index (χ3v) is 3.19. The minimum absolute atomic E-state index is 0.451. The molecule has 1 unspecified atom stereocenters. The van der Waals surface area contributed by atoms with Crippen molar-refractivity contribution in [1.82, 2.24) is 19.7 Å². The molecule has 2 aromatic heterocycles. The van der Waals surface area contributed by atoms with Gasteiger partial charge in [-0.25, -0.2) is 9.97 Å². The summed E-state index contributed by atoms with van der Waals surface area (Å²) in [6, 6.07) is 3.68. The first-order valence-electron chi connectivity index (χ1n) is 6.77. The lowest BCUT2D eigenvalue weighted by atomic mass is 10.1. The summed E-state index contributed by atoms with van der Waals surface area (Å²) in [5, 5.41) is 14.8. The molecule has 0 aliphatic rings. The number of hydrogen-bond acceptors (Lipinski definition) is 5. The Morgan fingerprint density at radius 3 is 2.75 bits per heavy atom.